The van der Waals surface area contributed by atoms with Gasteiger partial charge in [0.1, 0.15) is 6.17 Å². The Morgan fingerprint density at radius 1 is 1.60 bits per heavy atom. The fourth-order valence-corrected chi connectivity index (χ4v) is 1.54. The lowest BCUT2D eigenvalue weighted by Crippen LogP contribution is -2.60. The van der Waals surface area contributed by atoms with Crippen LogP contribution in [0.15, 0.2) is 17.4 Å². The monoisotopic (exact) mass is 211 g/mol. The molecule has 0 aromatic carbocycles. The summed E-state index contributed by atoms with van der Waals surface area (Å²) in [6.45, 7) is 1.54. The van der Waals surface area contributed by atoms with Crippen LogP contribution >= 0.6 is 0 Å². The van der Waals surface area contributed by atoms with Crippen LogP contribution in [0.25, 0.3) is 0 Å². The topological polar surface area (TPSA) is 80.2 Å². The predicted molar refractivity (Wildman–Crippen MR) is 54.0 cm³/mol. The van der Waals surface area contributed by atoms with Gasteiger partial charge < -0.3 is 10.0 Å². The smallest absolute Gasteiger partial charge is 0.407 e. The van der Waals surface area contributed by atoms with Gasteiger partial charge in [-0.25, -0.2) is 4.79 Å². The standard InChI is InChI=1S/C8H13N5O2/c14-8(15)12-5-4-9-7(6-12)13-10-2-1-3-11-13/h1-3,7,9-10H,4-6H2,(H,14,15). The highest BCUT2D eigenvalue weighted by Gasteiger charge is 2.26. The van der Waals surface area contributed by atoms with Gasteiger partial charge in [-0.05, 0) is 6.08 Å². The zero-order valence-corrected chi connectivity index (χ0v) is 8.13. The molecule has 1 fully saturated rings. The van der Waals surface area contributed by atoms with Crippen molar-refractivity contribution in [1.82, 2.24) is 20.8 Å². The van der Waals surface area contributed by atoms with Crippen LogP contribution in [0, 0.1) is 0 Å². The normalized spacial score (nSPS) is 25.2. The van der Waals surface area contributed by atoms with Crippen LogP contribution < -0.4 is 10.7 Å². The molecule has 3 N–H and O–H groups in total. The maximum atomic E-state index is 10.8. The highest BCUT2D eigenvalue weighted by Crippen LogP contribution is 2.04. The molecule has 1 saturated heterocycles. The van der Waals surface area contributed by atoms with Gasteiger partial charge in [0, 0.05) is 19.3 Å². The molecule has 2 aliphatic heterocycles. The molecule has 0 bridgehead atoms. The summed E-state index contributed by atoms with van der Waals surface area (Å²) in [4.78, 5) is 12.2. The van der Waals surface area contributed by atoms with E-state index in [1.807, 2.05) is 0 Å². The quantitative estimate of drug-likeness (QED) is 0.530. The summed E-state index contributed by atoms with van der Waals surface area (Å²) in [5, 5.41) is 17.7. The molecule has 15 heavy (non-hydrogen) atoms. The van der Waals surface area contributed by atoms with E-state index in [4.69, 9.17) is 5.11 Å². The number of nitrogens with one attached hydrogen (secondary N) is 2. The second-order valence-electron chi connectivity index (χ2n) is 3.30. The predicted octanol–water partition coefficient (Wildman–Crippen LogP) is -0.785. The van der Waals surface area contributed by atoms with Crippen LogP contribution in [0.2, 0.25) is 0 Å². The second kappa shape index (κ2) is 4.18. The molecule has 2 aliphatic rings. The van der Waals surface area contributed by atoms with Crippen molar-refractivity contribution >= 4 is 12.3 Å². The van der Waals surface area contributed by atoms with Gasteiger partial charge in [0.2, 0.25) is 0 Å². The van der Waals surface area contributed by atoms with E-state index >= 15 is 0 Å². The second-order valence-corrected chi connectivity index (χ2v) is 3.30. The van der Waals surface area contributed by atoms with Crippen LogP contribution in [0.4, 0.5) is 4.79 Å². The van der Waals surface area contributed by atoms with E-state index in [2.05, 4.69) is 15.8 Å². The minimum atomic E-state index is -0.891. The molecule has 1 unspecified atom stereocenters. The Morgan fingerprint density at radius 3 is 3.13 bits per heavy atom. The number of piperazine rings is 1. The number of hydrazone groups is 1. The van der Waals surface area contributed by atoms with Gasteiger partial charge in [0.15, 0.2) is 0 Å². The fraction of sp³-hybridized carbons (Fsp3) is 0.500. The molecule has 0 saturated carbocycles. The van der Waals surface area contributed by atoms with E-state index in [1.54, 1.807) is 23.6 Å². The third kappa shape index (κ3) is 2.18. The number of rotatable bonds is 1. The number of hydrogen-bond donors (Lipinski definition) is 3. The number of hydrogen-bond acceptors (Lipinski definition) is 5. The summed E-state index contributed by atoms with van der Waals surface area (Å²) < 4.78 is 0. The van der Waals surface area contributed by atoms with Gasteiger partial charge in [-0.1, -0.05) is 0 Å². The van der Waals surface area contributed by atoms with Gasteiger partial charge in [-0.2, -0.15) is 10.2 Å². The van der Waals surface area contributed by atoms with Gasteiger partial charge in [-0.3, -0.25) is 10.7 Å². The number of nitrogens with zero attached hydrogens (tertiary/aromatic N) is 3. The number of hydrazine groups is 1. The molecule has 1 amide bonds. The Balaban J connectivity index is 1.95. The summed E-state index contributed by atoms with van der Waals surface area (Å²) in [5.41, 5.74) is 2.92. The minimum Gasteiger partial charge on any atom is -0.465 e. The molecular weight excluding hydrogens is 198 g/mol. The molecule has 7 nitrogen and oxygen atoms in total. The zero-order valence-electron chi connectivity index (χ0n) is 8.13. The lowest BCUT2D eigenvalue weighted by molar-refractivity contribution is 0.0582. The van der Waals surface area contributed by atoms with Crippen molar-refractivity contribution < 1.29 is 9.90 Å². The Labute approximate surface area is 87.0 Å². The molecule has 0 aliphatic carbocycles. The van der Waals surface area contributed by atoms with Gasteiger partial charge >= 0.3 is 6.09 Å². The third-order valence-corrected chi connectivity index (χ3v) is 2.30. The first-order valence-corrected chi connectivity index (χ1v) is 4.73. The fourth-order valence-electron chi connectivity index (χ4n) is 1.54. The van der Waals surface area contributed by atoms with Gasteiger partial charge in [0.05, 0.1) is 12.8 Å². The van der Waals surface area contributed by atoms with Crippen LogP contribution in [0.5, 0.6) is 0 Å². The van der Waals surface area contributed by atoms with Crippen molar-refractivity contribution in [2.24, 2.45) is 5.10 Å². The Hall–Kier alpha value is -1.76. The van der Waals surface area contributed by atoms with Crippen molar-refractivity contribution in [3.63, 3.8) is 0 Å². The Kier molecular flexibility index (Phi) is 2.72. The first-order chi connectivity index (χ1) is 7.27. The minimum absolute atomic E-state index is 0.129. The first kappa shape index (κ1) is 9.78. The van der Waals surface area contributed by atoms with Crippen LogP contribution in [-0.2, 0) is 0 Å². The number of carboxylic acid groups (broad SMARTS) is 1. The molecule has 2 heterocycles. The maximum absolute atomic E-state index is 10.8. The van der Waals surface area contributed by atoms with E-state index in [-0.39, 0.29) is 6.17 Å². The van der Waals surface area contributed by atoms with E-state index in [0.717, 1.165) is 0 Å². The number of amides is 1. The molecule has 0 aromatic rings. The average Bonchev–Trinajstić information content (AvgIpc) is 2.30. The lowest BCUT2D eigenvalue weighted by Gasteiger charge is -2.37. The van der Waals surface area contributed by atoms with Crippen molar-refractivity contribution in [1.29, 1.82) is 0 Å². The summed E-state index contributed by atoms with van der Waals surface area (Å²) in [5.74, 6) is 0. The third-order valence-electron chi connectivity index (χ3n) is 2.30. The van der Waals surface area contributed by atoms with E-state index < -0.39 is 6.09 Å². The summed E-state index contributed by atoms with van der Waals surface area (Å²) in [6, 6.07) is 0. The van der Waals surface area contributed by atoms with Crippen molar-refractivity contribution in [3.8, 4) is 0 Å². The SMILES string of the molecule is O=C(O)N1CCNC(N2N=CC=CN2)C1. The number of allylic oxidation sites excluding steroid dienone is 1. The highest BCUT2D eigenvalue weighted by atomic mass is 16.4. The zero-order chi connectivity index (χ0) is 10.7. The summed E-state index contributed by atoms with van der Waals surface area (Å²) >= 11 is 0. The van der Waals surface area contributed by atoms with E-state index in [0.29, 0.717) is 19.6 Å². The Morgan fingerprint density at radius 2 is 2.47 bits per heavy atom. The van der Waals surface area contributed by atoms with Crippen molar-refractivity contribution in [2.75, 3.05) is 19.6 Å². The van der Waals surface area contributed by atoms with Crippen LogP contribution in [-0.4, -0.2) is 53.2 Å². The van der Waals surface area contributed by atoms with Gasteiger partial charge in [0.25, 0.3) is 0 Å². The number of carbonyl (C=O) groups is 1. The molecule has 7 heteroatoms. The first-order valence-electron chi connectivity index (χ1n) is 4.73. The Bertz CT molecular complexity index is 303. The highest BCUT2D eigenvalue weighted by molar-refractivity contribution is 5.71. The van der Waals surface area contributed by atoms with Crippen LogP contribution in [0.1, 0.15) is 0 Å². The largest absolute Gasteiger partial charge is 0.465 e. The van der Waals surface area contributed by atoms with Crippen LogP contribution in [0.3, 0.4) is 0 Å². The van der Waals surface area contributed by atoms with E-state index in [1.165, 1.54) is 4.90 Å². The lowest BCUT2D eigenvalue weighted by atomic mass is 10.3. The maximum Gasteiger partial charge on any atom is 0.407 e. The van der Waals surface area contributed by atoms with Gasteiger partial charge in [-0.15, -0.1) is 0 Å². The van der Waals surface area contributed by atoms with Crippen molar-refractivity contribution in [3.05, 3.63) is 12.3 Å². The molecular formula is C8H13N5O2. The molecule has 1 atom stereocenters. The molecule has 2 rings (SSSR count). The molecule has 0 spiro atoms. The molecule has 82 valence electrons. The summed E-state index contributed by atoms with van der Waals surface area (Å²) in [6.07, 6.45) is 4.15. The molecule has 0 aromatic heterocycles. The average molecular weight is 211 g/mol. The summed E-state index contributed by atoms with van der Waals surface area (Å²) in [7, 11) is 0. The molecule has 0 radical (unpaired) electrons. The van der Waals surface area contributed by atoms with Crippen molar-refractivity contribution in [2.45, 2.75) is 6.17 Å². The van der Waals surface area contributed by atoms with E-state index in [9.17, 15) is 4.79 Å².